The summed E-state index contributed by atoms with van der Waals surface area (Å²) in [6, 6.07) is 3.12. The molecular formula is C11H10FN3O3. The van der Waals surface area contributed by atoms with Crippen LogP contribution >= 0.6 is 0 Å². The molecule has 0 amide bonds. The van der Waals surface area contributed by atoms with Crippen LogP contribution in [0.2, 0.25) is 0 Å². The summed E-state index contributed by atoms with van der Waals surface area (Å²) in [7, 11) is 0. The molecule has 0 atom stereocenters. The largest absolute Gasteiger partial charge is 0.492 e. The van der Waals surface area contributed by atoms with Crippen LogP contribution in [0.25, 0.3) is 5.69 Å². The van der Waals surface area contributed by atoms with Gasteiger partial charge in [0.05, 0.1) is 11.4 Å². The number of halogens is 1. The molecule has 0 aliphatic heterocycles. The molecule has 0 radical (unpaired) electrons. The van der Waals surface area contributed by atoms with Crippen molar-refractivity contribution in [3.63, 3.8) is 0 Å². The summed E-state index contributed by atoms with van der Waals surface area (Å²) in [5.41, 5.74) is -0.829. The Hall–Kier alpha value is -2.44. The Balaban J connectivity index is 2.84. The first kappa shape index (κ1) is 12.0. The maximum Gasteiger partial charge on any atom is 0.336 e. The number of nitrogens with one attached hydrogen (secondary N) is 1. The third kappa shape index (κ3) is 1.79. The second-order valence-electron chi connectivity index (χ2n) is 3.79. The van der Waals surface area contributed by atoms with Gasteiger partial charge >= 0.3 is 5.69 Å². The van der Waals surface area contributed by atoms with Gasteiger partial charge in [0.1, 0.15) is 0 Å². The number of aryl methyl sites for hydroxylation is 2. The fourth-order valence-corrected chi connectivity index (χ4v) is 1.64. The van der Waals surface area contributed by atoms with E-state index in [1.807, 2.05) is 0 Å². The van der Waals surface area contributed by atoms with Gasteiger partial charge in [0.15, 0.2) is 0 Å². The van der Waals surface area contributed by atoms with Crippen LogP contribution in [0.4, 0.5) is 4.39 Å². The Kier molecular flexibility index (Phi) is 2.74. The lowest BCUT2D eigenvalue weighted by Crippen LogP contribution is -2.31. The molecule has 0 unspecified atom stereocenters. The molecule has 18 heavy (non-hydrogen) atoms. The molecule has 2 aromatic heterocycles. The molecule has 0 bridgehead atoms. The van der Waals surface area contributed by atoms with Gasteiger partial charge in [-0.3, -0.25) is 14.8 Å². The van der Waals surface area contributed by atoms with Gasteiger partial charge in [-0.2, -0.15) is 4.39 Å². The molecule has 94 valence electrons. The Labute approximate surface area is 100 Å². The minimum Gasteiger partial charge on any atom is -0.492 e. The van der Waals surface area contributed by atoms with E-state index in [-0.39, 0.29) is 5.69 Å². The Morgan fingerprint density at radius 3 is 2.61 bits per heavy atom. The maximum absolute atomic E-state index is 13.3. The van der Waals surface area contributed by atoms with Crippen LogP contribution in [0, 0.1) is 19.7 Å². The van der Waals surface area contributed by atoms with Crippen LogP contribution in [0.15, 0.2) is 21.7 Å². The molecule has 2 aromatic rings. The van der Waals surface area contributed by atoms with Gasteiger partial charge in [-0.15, -0.1) is 0 Å². The SMILES string of the molecule is Cc1ccc(-n2c(O)c(F)c(=O)[nH]c2=O)c(C)n1. The predicted molar refractivity (Wildman–Crippen MR) is 61.6 cm³/mol. The first-order valence-corrected chi connectivity index (χ1v) is 5.10. The minimum absolute atomic E-state index is 0.207. The number of hydrogen-bond donors (Lipinski definition) is 2. The number of aromatic nitrogens is 3. The van der Waals surface area contributed by atoms with Crippen molar-refractivity contribution in [2.24, 2.45) is 0 Å². The van der Waals surface area contributed by atoms with E-state index < -0.39 is 22.9 Å². The van der Waals surface area contributed by atoms with Crippen LogP contribution in [0.5, 0.6) is 5.88 Å². The highest BCUT2D eigenvalue weighted by Gasteiger charge is 2.16. The average molecular weight is 251 g/mol. The molecule has 0 saturated heterocycles. The average Bonchev–Trinajstić information content (AvgIpc) is 2.29. The molecule has 0 fully saturated rings. The zero-order chi connectivity index (χ0) is 13.4. The monoisotopic (exact) mass is 251 g/mol. The fraction of sp³-hybridized carbons (Fsp3) is 0.182. The van der Waals surface area contributed by atoms with Gasteiger partial charge in [-0.25, -0.2) is 9.36 Å². The molecule has 2 heterocycles. The van der Waals surface area contributed by atoms with Crippen molar-refractivity contribution in [2.75, 3.05) is 0 Å². The van der Waals surface area contributed by atoms with Gasteiger partial charge in [0.25, 0.3) is 5.56 Å². The quantitative estimate of drug-likeness (QED) is 0.767. The van der Waals surface area contributed by atoms with E-state index >= 15 is 0 Å². The van der Waals surface area contributed by atoms with E-state index in [1.165, 1.54) is 6.07 Å². The molecule has 7 heteroatoms. The van der Waals surface area contributed by atoms with E-state index in [0.717, 1.165) is 0 Å². The van der Waals surface area contributed by atoms with E-state index in [1.54, 1.807) is 24.9 Å². The number of aromatic hydroxyl groups is 1. The van der Waals surface area contributed by atoms with Crippen molar-refractivity contribution in [3.8, 4) is 11.6 Å². The molecule has 0 aliphatic rings. The standard InChI is InChI=1S/C11H10FN3O3/c1-5-3-4-7(6(2)13-5)15-10(17)8(12)9(16)14-11(15)18/h3-4,17H,1-2H3,(H,14,16,18). The summed E-state index contributed by atoms with van der Waals surface area (Å²) in [5.74, 6) is -2.44. The lowest BCUT2D eigenvalue weighted by Gasteiger charge is -2.10. The summed E-state index contributed by atoms with van der Waals surface area (Å²) >= 11 is 0. The summed E-state index contributed by atoms with van der Waals surface area (Å²) in [6.45, 7) is 3.37. The Morgan fingerprint density at radius 1 is 1.33 bits per heavy atom. The number of nitrogens with zero attached hydrogens (tertiary/aromatic N) is 2. The van der Waals surface area contributed by atoms with Crippen molar-refractivity contribution >= 4 is 0 Å². The highest BCUT2D eigenvalue weighted by atomic mass is 19.1. The van der Waals surface area contributed by atoms with Crippen molar-refractivity contribution in [2.45, 2.75) is 13.8 Å². The van der Waals surface area contributed by atoms with E-state index in [9.17, 15) is 19.1 Å². The Bertz CT molecular complexity index is 733. The summed E-state index contributed by atoms with van der Waals surface area (Å²) < 4.78 is 14.0. The smallest absolute Gasteiger partial charge is 0.336 e. The van der Waals surface area contributed by atoms with Crippen LogP contribution < -0.4 is 11.2 Å². The van der Waals surface area contributed by atoms with Gasteiger partial charge in [0, 0.05) is 5.69 Å². The highest BCUT2D eigenvalue weighted by molar-refractivity contribution is 5.39. The summed E-state index contributed by atoms with van der Waals surface area (Å²) in [5, 5.41) is 9.55. The topological polar surface area (TPSA) is 88.0 Å². The zero-order valence-electron chi connectivity index (χ0n) is 9.69. The third-order valence-electron chi connectivity index (χ3n) is 2.47. The van der Waals surface area contributed by atoms with E-state index in [4.69, 9.17) is 0 Å². The van der Waals surface area contributed by atoms with Crippen LogP contribution in [-0.4, -0.2) is 19.6 Å². The van der Waals surface area contributed by atoms with Crippen molar-refractivity contribution in [3.05, 3.63) is 50.2 Å². The number of rotatable bonds is 1. The van der Waals surface area contributed by atoms with Crippen molar-refractivity contribution in [1.29, 1.82) is 0 Å². The van der Waals surface area contributed by atoms with Gasteiger partial charge in [-0.1, -0.05) is 0 Å². The van der Waals surface area contributed by atoms with Crippen molar-refractivity contribution in [1.82, 2.24) is 14.5 Å². The fourth-order valence-electron chi connectivity index (χ4n) is 1.64. The Morgan fingerprint density at radius 2 is 2.00 bits per heavy atom. The number of hydrogen-bond acceptors (Lipinski definition) is 4. The molecule has 0 aromatic carbocycles. The lowest BCUT2D eigenvalue weighted by atomic mass is 10.2. The minimum atomic E-state index is -1.41. The van der Waals surface area contributed by atoms with Crippen LogP contribution in [0.1, 0.15) is 11.4 Å². The van der Waals surface area contributed by atoms with Crippen LogP contribution in [-0.2, 0) is 0 Å². The maximum atomic E-state index is 13.3. The summed E-state index contributed by atoms with van der Waals surface area (Å²) in [4.78, 5) is 28.4. The predicted octanol–water partition coefficient (Wildman–Crippen LogP) is 0.382. The first-order chi connectivity index (χ1) is 8.41. The van der Waals surface area contributed by atoms with Crippen LogP contribution in [0.3, 0.4) is 0 Å². The number of aromatic amines is 1. The molecule has 2 rings (SSSR count). The molecular weight excluding hydrogens is 241 g/mol. The van der Waals surface area contributed by atoms with Crippen molar-refractivity contribution < 1.29 is 9.50 Å². The normalized spacial score (nSPS) is 10.6. The second kappa shape index (κ2) is 4.10. The first-order valence-electron chi connectivity index (χ1n) is 5.10. The van der Waals surface area contributed by atoms with Gasteiger partial charge in [-0.05, 0) is 26.0 Å². The second-order valence-corrected chi connectivity index (χ2v) is 3.79. The molecule has 0 saturated carbocycles. The lowest BCUT2D eigenvalue weighted by molar-refractivity contribution is 0.385. The van der Waals surface area contributed by atoms with E-state index in [0.29, 0.717) is 16.0 Å². The van der Waals surface area contributed by atoms with E-state index in [2.05, 4.69) is 4.98 Å². The molecule has 2 N–H and O–H groups in total. The zero-order valence-corrected chi connectivity index (χ0v) is 9.69. The number of H-pyrrole nitrogens is 1. The van der Waals surface area contributed by atoms with Gasteiger partial charge < -0.3 is 5.11 Å². The number of pyridine rings is 1. The third-order valence-corrected chi connectivity index (χ3v) is 2.47. The summed E-state index contributed by atoms with van der Waals surface area (Å²) in [6.07, 6.45) is 0. The van der Waals surface area contributed by atoms with Gasteiger partial charge in [0.2, 0.25) is 11.7 Å². The molecule has 6 nitrogen and oxygen atoms in total. The highest BCUT2D eigenvalue weighted by Crippen LogP contribution is 2.17. The molecule has 0 spiro atoms. The molecule has 0 aliphatic carbocycles.